The van der Waals surface area contributed by atoms with Gasteiger partial charge in [-0.05, 0) is 29.0 Å². The highest BCUT2D eigenvalue weighted by atomic mass is 79.9. The molecule has 0 saturated carbocycles. The molecule has 0 bridgehead atoms. The number of hydrogen-bond acceptors (Lipinski definition) is 4. The standard InChI is InChI=1S/C11H19BrN2O2/c1-14(6-4-13-5-8-15-2)9-10-3-7-16-11(10)12/h3,7,13H,4-6,8-9H2,1-2H3. The van der Waals surface area contributed by atoms with Crippen LogP contribution >= 0.6 is 15.9 Å². The van der Waals surface area contributed by atoms with Gasteiger partial charge in [-0.1, -0.05) is 0 Å². The summed E-state index contributed by atoms with van der Waals surface area (Å²) in [4.78, 5) is 2.25. The second-order valence-corrected chi connectivity index (χ2v) is 4.42. The minimum atomic E-state index is 0.761. The van der Waals surface area contributed by atoms with Crippen molar-refractivity contribution >= 4 is 15.9 Å². The van der Waals surface area contributed by atoms with Gasteiger partial charge >= 0.3 is 0 Å². The first kappa shape index (κ1) is 13.7. The van der Waals surface area contributed by atoms with Gasteiger partial charge in [0, 0.05) is 38.9 Å². The summed E-state index contributed by atoms with van der Waals surface area (Å²) < 4.78 is 11.0. The monoisotopic (exact) mass is 290 g/mol. The summed E-state index contributed by atoms with van der Waals surface area (Å²) in [6.45, 7) is 4.52. The van der Waals surface area contributed by atoms with Gasteiger partial charge < -0.3 is 19.4 Å². The lowest BCUT2D eigenvalue weighted by molar-refractivity contribution is 0.197. The predicted octanol–water partition coefficient (Wildman–Crippen LogP) is 1.71. The van der Waals surface area contributed by atoms with Crippen molar-refractivity contribution in [1.82, 2.24) is 10.2 Å². The van der Waals surface area contributed by atoms with Crippen molar-refractivity contribution in [1.29, 1.82) is 0 Å². The Hall–Kier alpha value is -0.360. The fourth-order valence-corrected chi connectivity index (χ4v) is 1.74. The van der Waals surface area contributed by atoms with Gasteiger partial charge in [0.25, 0.3) is 0 Å². The lowest BCUT2D eigenvalue weighted by Crippen LogP contribution is -2.30. The van der Waals surface area contributed by atoms with Crippen LogP contribution in [0.25, 0.3) is 0 Å². The molecule has 1 aromatic rings. The van der Waals surface area contributed by atoms with E-state index in [-0.39, 0.29) is 0 Å². The number of furan rings is 1. The number of nitrogens with zero attached hydrogens (tertiary/aromatic N) is 1. The predicted molar refractivity (Wildman–Crippen MR) is 67.5 cm³/mol. The molecule has 1 rings (SSSR count). The zero-order valence-electron chi connectivity index (χ0n) is 9.83. The van der Waals surface area contributed by atoms with Crippen LogP contribution in [0.4, 0.5) is 0 Å². The molecule has 0 spiro atoms. The van der Waals surface area contributed by atoms with Gasteiger partial charge in [-0.2, -0.15) is 0 Å². The fourth-order valence-electron chi connectivity index (χ4n) is 1.37. The molecule has 0 aliphatic rings. The Bertz CT molecular complexity index is 291. The topological polar surface area (TPSA) is 37.6 Å². The van der Waals surface area contributed by atoms with E-state index in [4.69, 9.17) is 9.15 Å². The van der Waals surface area contributed by atoms with Crippen molar-refractivity contribution in [3.8, 4) is 0 Å². The van der Waals surface area contributed by atoms with E-state index in [1.165, 1.54) is 5.56 Å². The Kier molecular flexibility index (Phi) is 6.71. The van der Waals surface area contributed by atoms with Crippen molar-refractivity contribution in [3.05, 3.63) is 22.6 Å². The third-order valence-corrected chi connectivity index (χ3v) is 2.98. The van der Waals surface area contributed by atoms with Crippen LogP contribution < -0.4 is 5.32 Å². The molecule has 1 heterocycles. The van der Waals surface area contributed by atoms with E-state index in [1.807, 2.05) is 6.07 Å². The van der Waals surface area contributed by atoms with Crippen LogP contribution in [0.5, 0.6) is 0 Å². The number of methoxy groups -OCH3 is 1. The maximum atomic E-state index is 5.18. The molecule has 0 aliphatic carbocycles. The van der Waals surface area contributed by atoms with Gasteiger partial charge in [-0.25, -0.2) is 0 Å². The molecule has 4 nitrogen and oxygen atoms in total. The van der Waals surface area contributed by atoms with Gasteiger partial charge in [0.2, 0.25) is 0 Å². The van der Waals surface area contributed by atoms with Gasteiger partial charge in [0.15, 0.2) is 4.67 Å². The maximum absolute atomic E-state index is 5.18. The van der Waals surface area contributed by atoms with E-state index in [1.54, 1.807) is 13.4 Å². The average molecular weight is 291 g/mol. The fraction of sp³-hybridized carbons (Fsp3) is 0.636. The summed E-state index contributed by atoms with van der Waals surface area (Å²) in [5.41, 5.74) is 1.18. The van der Waals surface area contributed by atoms with E-state index in [0.29, 0.717) is 0 Å². The molecule has 0 radical (unpaired) electrons. The summed E-state index contributed by atoms with van der Waals surface area (Å²) in [7, 11) is 3.81. The quantitative estimate of drug-likeness (QED) is 0.740. The summed E-state index contributed by atoms with van der Waals surface area (Å²) in [6, 6.07) is 1.99. The highest BCUT2D eigenvalue weighted by Gasteiger charge is 2.05. The number of halogens is 1. The first-order valence-corrected chi connectivity index (χ1v) is 6.13. The lowest BCUT2D eigenvalue weighted by atomic mass is 10.3. The molecule has 0 saturated heterocycles. The largest absolute Gasteiger partial charge is 0.457 e. The normalized spacial score (nSPS) is 11.2. The summed E-state index contributed by atoms with van der Waals surface area (Å²) in [5.74, 6) is 0. The van der Waals surface area contributed by atoms with Gasteiger partial charge in [-0.15, -0.1) is 0 Å². The molecule has 92 valence electrons. The summed E-state index contributed by atoms with van der Waals surface area (Å²) in [6.07, 6.45) is 1.70. The minimum absolute atomic E-state index is 0.761. The Balaban J connectivity index is 2.11. The van der Waals surface area contributed by atoms with Crippen molar-refractivity contribution in [2.75, 3.05) is 40.4 Å². The van der Waals surface area contributed by atoms with E-state index in [0.717, 1.165) is 37.5 Å². The van der Waals surface area contributed by atoms with Gasteiger partial charge in [0.05, 0.1) is 12.9 Å². The van der Waals surface area contributed by atoms with E-state index >= 15 is 0 Å². The van der Waals surface area contributed by atoms with Crippen molar-refractivity contribution in [2.24, 2.45) is 0 Å². The van der Waals surface area contributed by atoms with E-state index in [9.17, 15) is 0 Å². The first-order chi connectivity index (χ1) is 7.74. The Morgan fingerprint density at radius 1 is 1.50 bits per heavy atom. The van der Waals surface area contributed by atoms with Crippen LogP contribution in [0.2, 0.25) is 0 Å². The van der Waals surface area contributed by atoms with Crippen molar-refractivity contribution in [2.45, 2.75) is 6.54 Å². The second kappa shape index (κ2) is 7.84. The first-order valence-electron chi connectivity index (χ1n) is 5.34. The third-order valence-electron chi connectivity index (χ3n) is 2.29. The Morgan fingerprint density at radius 2 is 2.31 bits per heavy atom. The number of hydrogen-bond donors (Lipinski definition) is 1. The minimum Gasteiger partial charge on any atom is -0.457 e. The molecule has 0 aromatic carbocycles. The smallest absolute Gasteiger partial charge is 0.173 e. The molecule has 0 aliphatic heterocycles. The molecule has 0 amide bonds. The highest BCUT2D eigenvalue weighted by molar-refractivity contribution is 9.10. The second-order valence-electron chi connectivity index (χ2n) is 3.70. The Labute approximate surface area is 105 Å². The maximum Gasteiger partial charge on any atom is 0.173 e. The summed E-state index contributed by atoms with van der Waals surface area (Å²) in [5, 5.41) is 3.31. The summed E-state index contributed by atoms with van der Waals surface area (Å²) >= 11 is 3.37. The van der Waals surface area contributed by atoms with Crippen LogP contribution in [0, 0.1) is 0 Å². The molecule has 16 heavy (non-hydrogen) atoms. The van der Waals surface area contributed by atoms with E-state index in [2.05, 4.69) is 33.2 Å². The van der Waals surface area contributed by atoms with Crippen molar-refractivity contribution in [3.63, 3.8) is 0 Å². The van der Waals surface area contributed by atoms with Crippen LogP contribution in [-0.4, -0.2) is 45.3 Å². The molecule has 0 atom stereocenters. The molecule has 0 fully saturated rings. The zero-order valence-corrected chi connectivity index (χ0v) is 11.4. The molecule has 1 aromatic heterocycles. The molecule has 5 heteroatoms. The molecule has 0 unspecified atom stereocenters. The van der Waals surface area contributed by atoms with Crippen LogP contribution in [0.3, 0.4) is 0 Å². The number of ether oxygens (including phenoxy) is 1. The lowest BCUT2D eigenvalue weighted by Gasteiger charge is -2.16. The number of likely N-dealkylation sites (N-methyl/N-ethyl adjacent to an activating group) is 1. The van der Waals surface area contributed by atoms with Crippen LogP contribution in [0.1, 0.15) is 5.56 Å². The SMILES string of the molecule is COCCNCCN(C)Cc1ccoc1Br. The highest BCUT2D eigenvalue weighted by Crippen LogP contribution is 2.18. The number of rotatable bonds is 8. The van der Waals surface area contributed by atoms with E-state index < -0.39 is 0 Å². The molecule has 1 N–H and O–H groups in total. The van der Waals surface area contributed by atoms with Gasteiger partial charge in [0.1, 0.15) is 0 Å². The average Bonchev–Trinajstić information content (AvgIpc) is 2.64. The van der Waals surface area contributed by atoms with Crippen LogP contribution in [-0.2, 0) is 11.3 Å². The zero-order chi connectivity index (χ0) is 11.8. The third kappa shape index (κ3) is 5.12. The van der Waals surface area contributed by atoms with Crippen molar-refractivity contribution < 1.29 is 9.15 Å². The number of nitrogens with one attached hydrogen (secondary N) is 1. The molecular weight excluding hydrogens is 272 g/mol. The Morgan fingerprint density at radius 3 is 2.94 bits per heavy atom. The molecular formula is C11H19BrN2O2. The van der Waals surface area contributed by atoms with Crippen LogP contribution in [0.15, 0.2) is 21.4 Å². The van der Waals surface area contributed by atoms with Gasteiger partial charge in [-0.3, -0.25) is 0 Å².